The smallest absolute Gasteiger partial charge is 0.220 e. The first kappa shape index (κ1) is 12.8. The lowest BCUT2D eigenvalue weighted by Crippen LogP contribution is -2.71. The predicted octanol–water partition coefficient (Wildman–Crippen LogP) is 1.01. The number of nitrogens with zero attached hydrogens (tertiary/aromatic N) is 4. The maximum Gasteiger partial charge on any atom is 0.220 e. The second-order valence-corrected chi connectivity index (χ2v) is 6.52. The van der Waals surface area contributed by atoms with Gasteiger partial charge in [0.15, 0.2) is 0 Å². The van der Waals surface area contributed by atoms with E-state index in [0.29, 0.717) is 5.41 Å². The molecule has 2 aliphatic heterocycles. The lowest BCUT2D eigenvalue weighted by atomic mass is 9.74. The van der Waals surface area contributed by atoms with Crippen LogP contribution in [0.15, 0.2) is 30.7 Å². The Balaban J connectivity index is 1.61. The lowest BCUT2D eigenvalue weighted by Gasteiger charge is -2.57. The largest absolute Gasteiger partial charge is 0.369 e. The quantitative estimate of drug-likeness (QED) is 0.654. The van der Waals surface area contributed by atoms with Crippen molar-refractivity contribution in [1.29, 1.82) is 0 Å². The summed E-state index contributed by atoms with van der Waals surface area (Å²) in [4.78, 5) is 18.5. The van der Waals surface area contributed by atoms with Gasteiger partial charge in [-0.15, -0.1) is 0 Å². The van der Waals surface area contributed by atoms with E-state index in [1.807, 2.05) is 18.5 Å². The van der Waals surface area contributed by atoms with Crippen molar-refractivity contribution in [2.24, 2.45) is 5.41 Å². The van der Waals surface area contributed by atoms with Crippen LogP contribution in [-0.4, -0.2) is 46.1 Å². The summed E-state index contributed by atoms with van der Waals surface area (Å²) in [6.45, 7) is 4.44. The van der Waals surface area contributed by atoms with Crippen LogP contribution in [0.3, 0.4) is 0 Å². The third kappa shape index (κ3) is 1.83. The second kappa shape index (κ2) is 4.42. The van der Waals surface area contributed by atoms with Crippen LogP contribution in [0.2, 0.25) is 0 Å². The first-order chi connectivity index (χ1) is 11.2. The second-order valence-electron chi connectivity index (χ2n) is 6.52. The molecule has 0 atom stereocenters. The van der Waals surface area contributed by atoms with Gasteiger partial charge >= 0.3 is 0 Å². The minimum atomic E-state index is 0.283. The number of nitrogen functional groups attached to an aromatic ring is 1. The zero-order chi connectivity index (χ0) is 15.4. The fraction of sp³-hybridized carbons (Fsp3) is 0.312. The van der Waals surface area contributed by atoms with Crippen molar-refractivity contribution in [1.82, 2.24) is 25.3 Å². The number of hydrogen-bond donors (Lipinski definition) is 3. The fourth-order valence-electron chi connectivity index (χ4n) is 3.66. The first-order valence-electron chi connectivity index (χ1n) is 7.75. The van der Waals surface area contributed by atoms with E-state index in [9.17, 15) is 0 Å². The van der Waals surface area contributed by atoms with Gasteiger partial charge in [-0.3, -0.25) is 0 Å². The summed E-state index contributed by atoms with van der Waals surface area (Å²) < 4.78 is 0. The Morgan fingerprint density at radius 2 is 1.96 bits per heavy atom. The monoisotopic (exact) mass is 307 g/mol. The van der Waals surface area contributed by atoms with Crippen LogP contribution in [0.25, 0.3) is 22.3 Å². The van der Waals surface area contributed by atoms with Gasteiger partial charge in [-0.05, 0) is 12.1 Å². The Kier molecular flexibility index (Phi) is 2.47. The number of aromatic amines is 1. The predicted molar refractivity (Wildman–Crippen MR) is 89.0 cm³/mol. The molecule has 2 fully saturated rings. The number of anilines is 2. The van der Waals surface area contributed by atoms with E-state index in [4.69, 9.17) is 5.73 Å². The van der Waals surface area contributed by atoms with Gasteiger partial charge in [-0.1, -0.05) is 0 Å². The van der Waals surface area contributed by atoms with Gasteiger partial charge in [0.1, 0.15) is 5.65 Å². The average molecular weight is 307 g/mol. The Morgan fingerprint density at radius 1 is 1.13 bits per heavy atom. The first-order valence-corrected chi connectivity index (χ1v) is 7.75. The molecule has 5 heterocycles. The van der Waals surface area contributed by atoms with E-state index in [-0.39, 0.29) is 5.95 Å². The van der Waals surface area contributed by atoms with Crippen molar-refractivity contribution in [2.75, 3.05) is 36.8 Å². The Labute approximate surface area is 133 Å². The molecule has 2 aliphatic rings. The van der Waals surface area contributed by atoms with Crippen LogP contribution >= 0.6 is 0 Å². The summed E-state index contributed by atoms with van der Waals surface area (Å²) in [5.41, 5.74) is 10.1. The van der Waals surface area contributed by atoms with Gasteiger partial charge in [0, 0.05) is 55.7 Å². The molecule has 116 valence electrons. The van der Waals surface area contributed by atoms with Crippen LogP contribution < -0.4 is 16.0 Å². The molecular weight excluding hydrogens is 290 g/mol. The van der Waals surface area contributed by atoms with E-state index in [1.54, 1.807) is 6.20 Å². The van der Waals surface area contributed by atoms with Crippen molar-refractivity contribution in [3.05, 3.63) is 30.7 Å². The molecule has 0 saturated carbocycles. The van der Waals surface area contributed by atoms with Crippen LogP contribution in [0.4, 0.5) is 11.6 Å². The fourth-order valence-corrected chi connectivity index (χ4v) is 3.66. The van der Waals surface area contributed by atoms with Crippen LogP contribution in [-0.2, 0) is 0 Å². The molecule has 0 unspecified atom stereocenters. The molecule has 4 N–H and O–H groups in total. The van der Waals surface area contributed by atoms with Crippen LogP contribution in [0.1, 0.15) is 0 Å². The molecule has 7 nitrogen and oxygen atoms in total. The van der Waals surface area contributed by atoms with E-state index >= 15 is 0 Å². The summed E-state index contributed by atoms with van der Waals surface area (Å²) in [6, 6.07) is 3.96. The van der Waals surface area contributed by atoms with Crippen molar-refractivity contribution in [2.45, 2.75) is 0 Å². The molecule has 0 aromatic carbocycles. The van der Waals surface area contributed by atoms with Gasteiger partial charge in [0.05, 0.1) is 16.8 Å². The summed E-state index contributed by atoms with van der Waals surface area (Å²) in [7, 11) is 0. The van der Waals surface area contributed by atoms with Crippen molar-refractivity contribution >= 4 is 22.7 Å². The van der Waals surface area contributed by atoms with E-state index in [0.717, 1.165) is 48.5 Å². The summed E-state index contributed by atoms with van der Waals surface area (Å²) in [6.07, 6.45) is 5.49. The van der Waals surface area contributed by atoms with Gasteiger partial charge in [-0.25, -0.2) is 15.0 Å². The number of fused-ring (bicyclic) bond motifs is 1. The van der Waals surface area contributed by atoms with Crippen molar-refractivity contribution in [3.8, 4) is 11.3 Å². The normalized spacial score (nSPS) is 18.9. The zero-order valence-corrected chi connectivity index (χ0v) is 12.6. The zero-order valence-electron chi connectivity index (χ0n) is 12.6. The maximum absolute atomic E-state index is 5.74. The molecule has 2 saturated heterocycles. The molecule has 0 radical (unpaired) electrons. The minimum Gasteiger partial charge on any atom is -0.369 e. The number of hydrogen-bond acceptors (Lipinski definition) is 6. The SMILES string of the molecule is Nc1nccc(-c2c[nH]c3nccc(N4CC5(CNC5)C4)c23)n1. The van der Waals surface area contributed by atoms with Gasteiger partial charge in [-0.2, -0.15) is 0 Å². The Bertz CT molecular complexity index is 888. The van der Waals surface area contributed by atoms with E-state index < -0.39 is 0 Å². The summed E-state index contributed by atoms with van der Waals surface area (Å²) >= 11 is 0. The van der Waals surface area contributed by atoms with Crippen LogP contribution in [0, 0.1) is 5.41 Å². The van der Waals surface area contributed by atoms with Gasteiger partial charge < -0.3 is 20.9 Å². The highest BCUT2D eigenvalue weighted by Crippen LogP contribution is 2.42. The number of aromatic nitrogens is 4. The number of nitrogens with one attached hydrogen (secondary N) is 2. The molecule has 0 aliphatic carbocycles. The standard InChI is InChI=1S/C16H17N7/c17-15-20-3-1-11(22-15)10-5-21-14-13(10)12(2-4-19-14)23-8-16(9-23)6-18-7-16/h1-5,18H,6-9H2,(H,19,21)(H2,17,20,22). The Hall–Kier alpha value is -2.67. The molecule has 1 spiro atoms. The minimum absolute atomic E-state index is 0.283. The van der Waals surface area contributed by atoms with Crippen molar-refractivity contribution in [3.63, 3.8) is 0 Å². The maximum atomic E-state index is 5.74. The number of H-pyrrole nitrogens is 1. The highest BCUT2D eigenvalue weighted by Gasteiger charge is 2.48. The van der Waals surface area contributed by atoms with E-state index in [1.165, 1.54) is 5.69 Å². The lowest BCUT2D eigenvalue weighted by molar-refractivity contribution is 0.121. The number of pyridine rings is 1. The molecule has 3 aromatic rings. The summed E-state index contributed by atoms with van der Waals surface area (Å²) in [5, 5.41) is 4.48. The number of nitrogens with two attached hydrogens (primary N) is 1. The molecule has 3 aromatic heterocycles. The molecule has 0 amide bonds. The van der Waals surface area contributed by atoms with Crippen molar-refractivity contribution < 1.29 is 0 Å². The van der Waals surface area contributed by atoms with Crippen LogP contribution in [0.5, 0.6) is 0 Å². The Morgan fingerprint density at radius 3 is 2.70 bits per heavy atom. The molecule has 23 heavy (non-hydrogen) atoms. The van der Waals surface area contributed by atoms with Gasteiger partial charge in [0.2, 0.25) is 5.95 Å². The van der Waals surface area contributed by atoms with E-state index in [2.05, 4.69) is 36.2 Å². The highest BCUT2D eigenvalue weighted by atomic mass is 15.3. The third-order valence-electron chi connectivity index (χ3n) is 4.89. The third-order valence-corrected chi connectivity index (χ3v) is 4.89. The number of rotatable bonds is 2. The molecule has 7 heteroatoms. The molecular formula is C16H17N7. The summed E-state index contributed by atoms with van der Waals surface area (Å²) in [5.74, 6) is 0.283. The topological polar surface area (TPSA) is 95.8 Å². The highest BCUT2D eigenvalue weighted by molar-refractivity contribution is 6.02. The molecule has 0 bridgehead atoms. The van der Waals surface area contributed by atoms with Gasteiger partial charge in [0.25, 0.3) is 0 Å². The molecule has 5 rings (SSSR count). The average Bonchev–Trinajstić information content (AvgIpc) is 2.89.